The number of nitrogens with zero attached hydrogens (tertiary/aromatic N) is 3. The van der Waals surface area contributed by atoms with E-state index in [9.17, 15) is 14.4 Å². The summed E-state index contributed by atoms with van der Waals surface area (Å²) in [7, 11) is 1.47. The van der Waals surface area contributed by atoms with E-state index < -0.39 is 5.41 Å². The minimum absolute atomic E-state index is 0.0413. The van der Waals surface area contributed by atoms with Gasteiger partial charge in [0.05, 0.1) is 5.41 Å². The van der Waals surface area contributed by atoms with Gasteiger partial charge < -0.3 is 9.80 Å². The van der Waals surface area contributed by atoms with Crippen LogP contribution in [0.5, 0.6) is 0 Å². The van der Waals surface area contributed by atoms with Crippen LogP contribution >= 0.6 is 11.6 Å². The average Bonchev–Trinajstić information content (AvgIpc) is 2.98. The molecule has 1 unspecified atom stereocenters. The molecule has 2 aromatic carbocycles. The number of carbonyl (C=O) groups is 3. The van der Waals surface area contributed by atoms with E-state index in [-0.39, 0.29) is 30.6 Å². The van der Waals surface area contributed by atoms with Crippen LogP contribution in [0.25, 0.3) is 0 Å². The number of imide groups is 1. The standard InChI is InChI=1S/C25H28ClN3O3/c1-17-8-9-21(18(2)14-17)28-10-12-29(13-11-28)23(31)16-25(15-22(30)27(3)24(25)32)19-6-4-5-7-20(19)26/h4-9,14H,10-13,15-16H2,1-3H3. The molecule has 2 aliphatic rings. The van der Waals surface area contributed by atoms with Gasteiger partial charge in [0.2, 0.25) is 17.7 Å². The van der Waals surface area contributed by atoms with Gasteiger partial charge in [0.25, 0.3) is 0 Å². The van der Waals surface area contributed by atoms with Gasteiger partial charge in [-0.1, -0.05) is 47.5 Å². The first-order valence-corrected chi connectivity index (χ1v) is 11.3. The summed E-state index contributed by atoms with van der Waals surface area (Å²) in [5, 5.41) is 0.399. The molecule has 0 radical (unpaired) electrons. The fourth-order valence-corrected chi connectivity index (χ4v) is 5.22. The van der Waals surface area contributed by atoms with Gasteiger partial charge in [0.1, 0.15) is 0 Å². The number of likely N-dealkylation sites (tertiary alicyclic amines) is 1. The van der Waals surface area contributed by atoms with E-state index >= 15 is 0 Å². The molecule has 2 saturated heterocycles. The van der Waals surface area contributed by atoms with Crippen molar-refractivity contribution >= 4 is 35.0 Å². The summed E-state index contributed by atoms with van der Waals surface area (Å²) >= 11 is 6.42. The molecule has 0 aliphatic carbocycles. The van der Waals surface area contributed by atoms with Crippen molar-refractivity contribution in [1.82, 2.24) is 9.80 Å². The molecule has 3 amide bonds. The molecule has 4 rings (SSSR count). The smallest absolute Gasteiger partial charge is 0.240 e. The quantitative estimate of drug-likeness (QED) is 0.666. The Morgan fingerprint density at radius 2 is 1.72 bits per heavy atom. The lowest BCUT2D eigenvalue weighted by Gasteiger charge is -2.38. The molecule has 1 atom stereocenters. The molecule has 6 nitrogen and oxygen atoms in total. The molecule has 32 heavy (non-hydrogen) atoms. The Labute approximate surface area is 193 Å². The fraction of sp³-hybridized carbons (Fsp3) is 0.400. The molecule has 168 valence electrons. The highest BCUT2D eigenvalue weighted by molar-refractivity contribution is 6.32. The Morgan fingerprint density at radius 1 is 1.03 bits per heavy atom. The van der Waals surface area contributed by atoms with Crippen LogP contribution in [0.2, 0.25) is 5.02 Å². The molecule has 7 heteroatoms. The SMILES string of the molecule is Cc1ccc(N2CCN(C(=O)CC3(c4ccccc4Cl)CC(=O)N(C)C3=O)CC2)c(C)c1. The van der Waals surface area contributed by atoms with Gasteiger partial charge in [-0.15, -0.1) is 0 Å². The molecule has 0 saturated carbocycles. The normalized spacial score (nSPS) is 21.4. The largest absolute Gasteiger partial charge is 0.368 e. The van der Waals surface area contributed by atoms with E-state index in [0.29, 0.717) is 23.7 Å². The molecule has 0 spiro atoms. The van der Waals surface area contributed by atoms with Crippen LogP contribution in [0.4, 0.5) is 5.69 Å². The highest BCUT2D eigenvalue weighted by atomic mass is 35.5. The number of aryl methyl sites for hydroxylation is 2. The number of amides is 3. The lowest BCUT2D eigenvalue weighted by Crippen LogP contribution is -2.51. The van der Waals surface area contributed by atoms with Gasteiger partial charge in [-0.3, -0.25) is 19.3 Å². The number of rotatable bonds is 4. The minimum Gasteiger partial charge on any atom is -0.368 e. The zero-order chi connectivity index (χ0) is 23.0. The number of hydrogen-bond acceptors (Lipinski definition) is 4. The Morgan fingerprint density at radius 3 is 2.31 bits per heavy atom. The fourth-order valence-electron chi connectivity index (χ4n) is 4.91. The summed E-state index contributed by atoms with van der Waals surface area (Å²) in [5.41, 5.74) is 2.94. The van der Waals surface area contributed by atoms with E-state index in [1.54, 1.807) is 29.2 Å². The van der Waals surface area contributed by atoms with E-state index in [0.717, 1.165) is 18.0 Å². The average molecular weight is 454 g/mol. The molecule has 0 aromatic heterocycles. The summed E-state index contributed by atoms with van der Waals surface area (Å²) in [6.07, 6.45) is -0.102. The van der Waals surface area contributed by atoms with Crippen molar-refractivity contribution in [3.8, 4) is 0 Å². The summed E-state index contributed by atoms with van der Waals surface area (Å²) < 4.78 is 0. The van der Waals surface area contributed by atoms with Gasteiger partial charge in [0.15, 0.2) is 0 Å². The third-order valence-electron chi connectivity index (χ3n) is 6.71. The molecule has 2 heterocycles. The van der Waals surface area contributed by atoms with Crippen LogP contribution in [0.1, 0.15) is 29.5 Å². The van der Waals surface area contributed by atoms with Crippen molar-refractivity contribution < 1.29 is 14.4 Å². The Hall–Kier alpha value is -2.86. The van der Waals surface area contributed by atoms with Crippen LogP contribution < -0.4 is 4.90 Å². The molecular weight excluding hydrogens is 426 g/mol. The van der Waals surface area contributed by atoms with Gasteiger partial charge in [0, 0.05) is 56.8 Å². The number of benzene rings is 2. The van der Waals surface area contributed by atoms with Crippen molar-refractivity contribution in [1.29, 1.82) is 0 Å². The van der Waals surface area contributed by atoms with Gasteiger partial charge in [-0.05, 0) is 37.1 Å². The van der Waals surface area contributed by atoms with Crippen LogP contribution in [-0.2, 0) is 19.8 Å². The molecule has 0 bridgehead atoms. The van der Waals surface area contributed by atoms with E-state index in [1.807, 2.05) is 0 Å². The number of anilines is 1. The van der Waals surface area contributed by atoms with Crippen molar-refractivity contribution in [3.05, 3.63) is 64.2 Å². The summed E-state index contributed by atoms with van der Waals surface area (Å²) in [6.45, 7) is 6.77. The van der Waals surface area contributed by atoms with Crippen molar-refractivity contribution in [2.45, 2.75) is 32.1 Å². The maximum Gasteiger partial charge on any atom is 0.240 e. The molecule has 2 fully saturated rings. The highest BCUT2D eigenvalue weighted by Crippen LogP contribution is 2.42. The Kier molecular flexibility index (Phi) is 5.99. The molecular formula is C25H28ClN3O3. The molecule has 0 N–H and O–H groups in total. The van der Waals surface area contributed by atoms with E-state index in [1.165, 1.54) is 23.9 Å². The topological polar surface area (TPSA) is 60.9 Å². The lowest BCUT2D eigenvalue weighted by atomic mass is 9.75. The zero-order valence-corrected chi connectivity index (χ0v) is 19.5. The van der Waals surface area contributed by atoms with E-state index in [4.69, 9.17) is 11.6 Å². The number of carbonyl (C=O) groups excluding carboxylic acids is 3. The van der Waals surface area contributed by atoms with Crippen LogP contribution in [-0.4, -0.2) is 60.7 Å². The van der Waals surface area contributed by atoms with Crippen molar-refractivity contribution in [3.63, 3.8) is 0 Å². The van der Waals surface area contributed by atoms with Gasteiger partial charge >= 0.3 is 0 Å². The van der Waals surface area contributed by atoms with E-state index in [2.05, 4.69) is 36.9 Å². The minimum atomic E-state index is -1.24. The Bertz CT molecular complexity index is 1080. The second kappa shape index (κ2) is 8.58. The number of likely N-dealkylation sites (N-methyl/N-ethyl adjacent to an activating group) is 1. The third kappa shape index (κ3) is 3.88. The lowest BCUT2D eigenvalue weighted by molar-refractivity contribution is -0.141. The van der Waals surface area contributed by atoms with Crippen molar-refractivity contribution in [2.24, 2.45) is 0 Å². The van der Waals surface area contributed by atoms with Gasteiger partial charge in [-0.25, -0.2) is 0 Å². The molecule has 2 aromatic rings. The van der Waals surface area contributed by atoms with Gasteiger partial charge in [-0.2, -0.15) is 0 Å². The monoisotopic (exact) mass is 453 g/mol. The second-order valence-corrected chi connectivity index (χ2v) is 9.24. The maximum absolute atomic E-state index is 13.3. The first kappa shape index (κ1) is 22.3. The van der Waals surface area contributed by atoms with Crippen LogP contribution in [0.3, 0.4) is 0 Å². The second-order valence-electron chi connectivity index (χ2n) is 8.83. The summed E-state index contributed by atoms with van der Waals surface area (Å²) in [5.74, 6) is -0.776. The highest BCUT2D eigenvalue weighted by Gasteiger charge is 2.53. The van der Waals surface area contributed by atoms with Crippen LogP contribution in [0, 0.1) is 13.8 Å². The third-order valence-corrected chi connectivity index (χ3v) is 7.04. The first-order chi connectivity index (χ1) is 15.2. The predicted molar refractivity (Wildman–Crippen MR) is 125 cm³/mol. The zero-order valence-electron chi connectivity index (χ0n) is 18.7. The summed E-state index contributed by atoms with van der Waals surface area (Å²) in [6, 6.07) is 13.4. The molecule has 2 aliphatic heterocycles. The Balaban J connectivity index is 1.52. The number of halogens is 1. The predicted octanol–water partition coefficient (Wildman–Crippen LogP) is 3.32. The van der Waals surface area contributed by atoms with Crippen molar-refractivity contribution in [2.75, 3.05) is 38.1 Å². The first-order valence-electron chi connectivity index (χ1n) is 10.9. The summed E-state index contributed by atoms with van der Waals surface area (Å²) in [4.78, 5) is 44.2. The number of piperazine rings is 1. The number of hydrogen-bond donors (Lipinski definition) is 0. The van der Waals surface area contributed by atoms with Crippen LogP contribution in [0.15, 0.2) is 42.5 Å². The maximum atomic E-state index is 13.3.